The topological polar surface area (TPSA) is 67.4 Å². The van der Waals surface area contributed by atoms with Crippen molar-refractivity contribution in [3.8, 4) is 5.75 Å². The highest BCUT2D eigenvalue weighted by Crippen LogP contribution is 2.24. The standard InChI is InChI=1S/C17H26N2O3/c1-6-18-17(21)13(5)19-16(20)10-22-15-9-14(11(2)3)8-7-12(15)4/h7-9,11,13H,6,10H2,1-5H3,(H,18,21)(H,19,20)/t13-/m0/s1. The van der Waals surface area contributed by atoms with Gasteiger partial charge in [-0.1, -0.05) is 26.0 Å². The molecule has 0 aliphatic rings. The molecule has 0 spiro atoms. The Morgan fingerprint density at radius 1 is 1.23 bits per heavy atom. The molecule has 0 bridgehead atoms. The quantitative estimate of drug-likeness (QED) is 0.811. The Balaban J connectivity index is 2.57. The maximum atomic E-state index is 11.8. The van der Waals surface area contributed by atoms with Crippen molar-refractivity contribution < 1.29 is 14.3 Å². The number of carbonyl (C=O) groups excluding carboxylic acids is 2. The van der Waals surface area contributed by atoms with Crippen LogP contribution < -0.4 is 15.4 Å². The molecule has 1 rings (SSSR count). The molecule has 5 nitrogen and oxygen atoms in total. The summed E-state index contributed by atoms with van der Waals surface area (Å²) in [7, 11) is 0. The number of ether oxygens (including phenoxy) is 1. The fourth-order valence-electron chi connectivity index (χ4n) is 1.95. The zero-order valence-corrected chi connectivity index (χ0v) is 14.0. The fourth-order valence-corrected chi connectivity index (χ4v) is 1.95. The molecule has 1 aromatic rings. The summed E-state index contributed by atoms with van der Waals surface area (Å²) < 4.78 is 5.59. The number of nitrogens with one attached hydrogen (secondary N) is 2. The highest BCUT2D eigenvalue weighted by Gasteiger charge is 2.15. The second-order valence-electron chi connectivity index (χ2n) is 5.65. The van der Waals surface area contributed by atoms with Gasteiger partial charge in [0, 0.05) is 6.54 Å². The third-order valence-corrected chi connectivity index (χ3v) is 3.36. The minimum Gasteiger partial charge on any atom is -0.483 e. The molecule has 2 N–H and O–H groups in total. The average molecular weight is 306 g/mol. The summed E-state index contributed by atoms with van der Waals surface area (Å²) in [6, 6.07) is 5.43. The van der Waals surface area contributed by atoms with E-state index in [9.17, 15) is 9.59 Å². The van der Waals surface area contributed by atoms with Crippen LogP contribution in [0.25, 0.3) is 0 Å². The Morgan fingerprint density at radius 3 is 2.50 bits per heavy atom. The largest absolute Gasteiger partial charge is 0.483 e. The van der Waals surface area contributed by atoms with Crippen molar-refractivity contribution in [2.45, 2.75) is 46.6 Å². The highest BCUT2D eigenvalue weighted by molar-refractivity contribution is 5.87. The number of rotatable bonds is 7. The van der Waals surface area contributed by atoms with Crippen LogP contribution in [0.15, 0.2) is 18.2 Å². The van der Waals surface area contributed by atoms with E-state index < -0.39 is 6.04 Å². The zero-order chi connectivity index (χ0) is 16.7. The van der Waals surface area contributed by atoms with Gasteiger partial charge >= 0.3 is 0 Å². The predicted molar refractivity (Wildman–Crippen MR) is 87.1 cm³/mol. The van der Waals surface area contributed by atoms with E-state index in [1.165, 1.54) is 0 Å². The second-order valence-corrected chi connectivity index (χ2v) is 5.65. The number of hydrogen-bond donors (Lipinski definition) is 2. The summed E-state index contributed by atoms with van der Waals surface area (Å²) in [5, 5.41) is 5.27. The summed E-state index contributed by atoms with van der Waals surface area (Å²) in [5.41, 5.74) is 2.14. The fraction of sp³-hybridized carbons (Fsp3) is 0.529. The minimum absolute atomic E-state index is 0.105. The third-order valence-electron chi connectivity index (χ3n) is 3.36. The lowest BCUT2D eigenvalue weighted by Gasteiger charge is -2.15. The minimum atomic E-state index is -0.570. The monoisotopic (exact) mass is 306 g/mol. The summed E-state index contributed by atoms with van der Waals surface area (Å²) in [4.78, 5) is 23.4. The van der Waals surface area contributed by atoms with Crippen molar-refractivity contribution in [3.05, 3.63) is 29.3 Å². The van der Waals surface area contributed by atoms with E-state index >= 15 is 0 Å². The van der Waals surface area contributed by atoms with E-state index in [0.29, 0.717) is 18.2 Å². The number of aryl methyl sites for hydroxylation is 1. The summed E-state index contributed by atoms with van der Waals surface area (Å²) in [6.45, 7) is 10.1. The van der Waals surface area contributed by atoms with E-state index in [-0.39, 0.29) is 18.4 Å². The number of benzene rings is 1. The van der Waals surface area contributed by atoms with Gasteiger partial charge in [-0.05, 0) is 43.9 Å². The van der Waals surface area contributed by atoms with Gasteiger partial charge in [0.15, 0.2) is 6.61 Å². The van der Waals surface area contributed by atoms with Crippen LogP contribution in [0.2, 0.25) is 0 Å². The van der Waals surface area contributed by atoms with Gasteiger partial charge in [-0.25, -0.2) is 0 Å². The van der Waals surface area contributed by atoms with Crippen LogP contribution in [0.5, 0.6) is 5.75 Å². The predicted octanol–water partition coefficient (Wildman–Crippen LogP) is 2.14. The van der Waals surface area contributed by atoms with Gasteiger partial charge in [0.05, 0.1) is 0 Å². The molecule has 1 aromatic carbocycles. The van der Waals surface area contributed by atoms with Gasteiger partial charge in [-0.2, -0.15) is 0 Å². The first-order valence-electron chi connectivity index (χ1n) is 7.65. The number of likely N-dealkylation sites (N-methyl/N-ethyl adjacent to an activating group) is 1. The van der Waals surface area contributed by atoms with E-state index in [4.69, 9.17) is 4.74 Å². The first kappa shape index (κ1) is 18.0. The van der Waals surface area contributed by atoms with Crippen LogP contribution in [0, 0.1) is 6.92 Å². The van der Waals surface area contributed by atoms with E-state index in [1.54, 1.807) is 6.92 Å². The number of carbonyl (C=O) groups is 2. The van der Waals surface area contributed by atoms with Gasteiger partial charge in [-0.15, -0.1) is 0 Å². The Labute approximate surface area is 132 Å². The molecule has 0 saturated heterocycles. The Morgan fingerprint density at radius 2 is 1.91 bits per heavy atom. The molecule has 0 radical (unpaired) electrons. The van der Waals surface area contributed by atoms with Crippen LogP contribution in [0.1, 0.15) is 44.7 Å². The van der Waals surface area contributed by atoms with Crippen LogP contribution in [0.3, 0.4) is 0 Å². The average Bonchev–Trinajstić information content (AvgIpc) is 2.46. The molecule has 0 unspecified atom stereocenters. The van der Waals surface area contributed by atoms with Gasteiger partial charge < -0.3 is 15.4 Å². The SMILES string of the molecule is CCNC(=O)[C@H](C)NC(=O)COc1cc(C(C)C)ccc1C. The van der Waals surface area contributed by atoms with Gasteiger partial charge in [0.2, 0.25) is 5.91 Å². The number of hydrogen-bond acceptors (Lipinski definition) is 3. The normalized spacial score (nSPS) is 11.9. The summed E-state index contributed by atoms with van der Waals surface area (Å²) in [5.74, 6) is 0.587. The van der Waals surface area contributed by atoms with E-state index in [2.05, 4.69) is 30.5 Å². The molecular formula is C17H26N2O3. The van der Waals surface area contributed by atoms with Gasteiger partial charge in [-0.3, -0.25) is 9.59 Å². The Kier molecular flexibility index (Phi) is 6.89. The van der Waals surface area contributed by atoms with Gasteiger partial charge in [0.1, 0.15) is 11.8 Å². The van der Waals surface area contributed by atoms with Crippen molar-refractivity contribution in [1.29, 1.82) is 0 Å². The summed E-state index contributed by atoms with van der Waals surface area (Å²) >= 11 is 0. The molecule has 0 fully saturated rings. The molecule has 0 aromatic heterocycles. The molecule has 1 atom stereocenters. The molecular weight excluding hydrogens is 280 g/mol. The molecule has 22 heavy (non-hydrogen) atoms. The van der Waals surface area contributed by atoms with Crippen LogP contribution in [-0.4, -0.2) is 31.0 Å². The van der Waals surface area contributed by atoms with Crippen LogP contribution >= 0.6 is 0 Å². The van der Waals surface area contributed by atoms with Crippen LogP contribution in [0.4, 0.5) is 0 Å². The Bertz CT molecular complexity index is 527. The van der Waals surface area contributed by atoms with Crippen molar-refractivity contribution in [1.82, 2.24) is 10.6 Å². The van der Waals surface area contributed by atoms with Crippen LogP contribution in [-0.2, 0) is 9.59 Å². The molecule has 0 saturated carbocycles. The molecule has 122 valence electrons. The Hall–Kier alpha value is -2.04. The smallest absolute Gasteiger partial charge is 0.258 e. The lowest BCUT2D eigenvalue weighted by molar-refractivity contribution is -0.129. The maximum absolute atomic E-state index is 11.8. The van der Waals surface area contributed by atoms with E-state index in [0.717, 1.165) is 11.1 Å². The lowest BCUT2D eigenvalue weighted by atomic mass is 10.0. The first-order chi connectivity index (χ1) is 10.3. The summed E-state index contributed by atoms with van der Waals surface area (Å²) in [6.07, 6.45) is 0. The van der Waals surface area contributed by atoms with Crippen molar-refractivity contribution in [3.63, 3.8) is 0 Å². The zero-order valence-electron chi connectivity index (χ0n) is 14.0. The molecule has 5 heteroatoms. The third kappa shape index (κ3) is 5.39. The molecule has 2 amide bonds. The first-order valence-corrected chi connectivity index (χ1v) is 7.65. The second kappa shape index (κ2) is 8.41. The molecule has 0 aliphatic heterocycles. The molecule has 0 heterocycles. The number of amides is 2. The van der Waals surface area contributed by atoms with E-state index in [1.807, 2.05) is 26.0 Å². The van der Waals surface area contributed by atoms with Crippen molar-refractivity contribution in [2.24, 2.45) is 0 Å². The molecule has 0 aliphatic carbocycles. The lowest BCUT2D eigenvalue weighted by Crippen LogP contribution is -2.46. The van der Waals surface area contributed by atoms with Crippen molar-refractivity contribution >= 4 is 11.8 Å². The van der Waals surface area contributed by atoms with Crippen molar-refractivity contribution in [2.75, 3.05) is 13.2 Å². The highest BCUT2D eigenvalue weighted by atomic mass is 16.5. The maximum Gasteiger partial charge on any atom is 0.258 e. The van der Waals surface area contributed by atoms with Gasteiger partial charge in [0.25, 0.3) is 5.91 Å².